The van der Waals surface area contributed by atoms with Crippen molar-refractivity contribution < 1.29 is 9.53 Å². The van der Waals surface area contributed by atoms with Gasteiger partial charge in [0.2, 0.25) is 5.95 Å². The number of amides is 1. The first-order chi connectivity index (χ1) is 9.76. The molecule has 6 heteroatoms. The summed E-state index contributed by atoms with van der Waals surface area (Å²) in [5, 5.41) is 3.53. The topological polar surface area (TPSA) is 79.9 Å². The van der Waals surface area contributed by atoms with Crippen molar-refractivity contribution in [2.24, 2.45) is 0 Å². The molecule has 0 atom stereocenters. The normalized spacial score (nSPS) is 10.4. The van der Waals surface area contributed by atoms with E-state index in [1.807, 2.05) is 18.2 Å². The zero-order chi connectivity index (χ0) is 13.9. The van der Waals surface area contributed by atoms with Gasteiger partial charge in [-0.2, -0.15) is 0 Å². The molecule has 0 aliphatic heterocycles. The molecule has 0 unspecified atom stereocenters. The SMILES string of the molecule is COc1ccc2[nH]c(C(=O)Nc3ncccn3)cc2c1. The highest BCUT2D eigenvalue weighted by atomic mass is 16.5. The molecule has 1 aromatic carbocycles. The second-order valence-electron chi connectivity index (χ2n) is 4.16. The first-order valence-electron chi connectivity index (χ1n) is 6.01. The Labute approximate surface area is 114 Å². The summed E-state index contributed by atoms with van der Waals surface area (Å²) in [7, 11) is 1.61. The van der Waals surface area contributed by atoms with Gasteiger partial charge >= 0.3 is 0 Å². The molecule has 0 aliphatic carbocycles. The number of ether oxygens (including phenoxy) is 1. The number of H-pyrrole nitrogens is 1. The van der Waals surface area contributed by atoms with Gasteiger partial charge in [-0.1, -0.05) is 0 Å². The Morgan fingerprint density at radius 1 is 1.25 bits per heavy atom. The molecule has 0 bridgehead atoms. The number of nitrogens with one attached hydrogen (secondary N) is 2. The van der Waals surface area contributed by atoms with E-state index in [4.69, 9.17) is 4.74 Å². The maximum Gasteiger partial charge on any atom is 0.274 e. The summed E-state index contributed by atoms with van der Waals surface area (Å²) in [4.78, 5) is 23.0. The average Bonchev–Trinajstić information content (AvgIpc) is 2.91. The number of methoxy groups -OCH3 is 1. The molecule has 0 saturated carbocycles. The third kappa shape index (κ3) is 2.31. The van der Waals surface area contributed by atoms with Crippen LogP contribution in [0, 0.1) is 0 Å². The summed E-state index contributed by atoms with van der Waals surface area (Å²) in [6, 6.07) is 9.01. The predicted molar refractivity (Wildman–Crippen MR) is 74.8 cm³/mol. The molecule has 3 rings (SSSR count). The van der Waals surface area contributed by atoms with Crippen LogP contribution in [0.2, 0.25) is 0 Å². The monoisotopic (exact) mass is 268 g/mol. The molecule has 20 heavy (non-hydrogen) atoms. The highest BCUT2D eigenvalue weighted by molar-refractivity contribution is 6.05. The van der Waals surface area contributed by atoms with Gasteiger partial charge in [0.25, 0.3) is 5.91 Å². The quantitative estimate of drug-likeness (QED) is 0.763. The predicted octanol–water partition coefficient (Wildman–Crippen LogP) is 2.22. The van der Waals surface area contributed by atoms with Gasteiger partial charge in [-0.15, -0.1) is 0 Å². The first-order valence-corrected chi connectivity index (χ1v) is 6.01. The largest absolute Gasteiger partial charge is 0.497 e. The van der Waals surface area contributed by atoms with Crippen LogP contribution in [0.5, 0.6) is 5.75 Å². The summed E-state index contributed by atoms with van der Waals surface area (Å²) in [5.74, 6) is 0.731. The molecule has 0 spiro atoms. The van der Waals surface area contributed by atoms with E-state index in [-0.39, 0.29) is 11.9 Å². The molecule has 0 saturated heterocycles. The first kappa shape index (κ1) is 12.2. The summed E-state index contributed by atoms with van der Waals surface area (Å²) in [5.41, 5.74) is 1.31. The molecule has 2 heterocycles. The maximum atomic E-state index is 12.1. The van der Waals surface area contributed by atoms with E-state index in [1.165, 1.54) is 0 Å². The number of nitrogens with zero attached hydrogens (tertiary/aromatic N) is 2. The summed E-state index contributed by atoms with van der Waals surface area (Å²) >= 11 is 0. The standard InChI is InChI=1S/C14H12N4O2/c1-20-10-3-4-11-9(7-10)8-12(17-11)13(19)18-14-15-5-2-6-16-14/h2-8,17H,1H3,(H,15,16,18,19). The number of anilines is 1. The fraction of sp³-hybridized carbons (Fsp3) is 0.0714. The van der Waals surface area contributed by atoms with Gasteiger partial charge in [-0.3, -0.25) is 10.1 Å². The van der Waals surface area contributed by atoms with Crippen molar-refractivity contribution in [3.05, 3.63) is 48.4 Å². The number of carbonyl (C=O) groups excluding carboxylic acids is 1. The fourth-order valence-electron chi connectivity index (χ4n) is 1.89. The van der Waals surface area contributed by atoms with E-state index in [9.17, 15) is 4.79 Å². The number of aromatic amines is 1. The Morgan fingerprint density at radius 2 is 2.05 bits per heavy atom. The lowest BCUT2D eigenvalue weighted by molar-refractivity contribution is 0.102. The van der Waals surface area contributed by atoms with Crippen LogP contribution in [-0.4, -0.2) is 28.0 Å². The Balaban J connectivity index is 1.88. The second-order valence-corrected chi connectivity index (χ2v) is 4.16. The van der Waals surface area contributed by atoms with Gasteiger partial charge in [0.05, 0.1) is 7.11 Å². The minimum absolute atomic E-state index is 0.272. The van der Waals surface area contributed by atoms with Crippen LogP contribution in [0.25, 0.3) is 10.9 Å². The van der Waals surface area contributed by atoms with Gasteiger partial charge in [-0.25, -0.2) is 9.97 Å². The summed E-state index contributed by atoms with van der Waals surface area (Å²) in [6.45, 7) is 0. The smallest absolute Gasteiger partial charge is 0.274 e. The Kier molecular flexibility index (Phi) is 3.04. The lowest BCUT2D eigenvalue weighted by atomic mass is 10.2. The van der Waals surface area contributed by atoms with Gasteiger partial charge in [0, 0.05) is 23.3 Å². The van der Waals surface area contributed by atoms with Crippen LogP contribution in [0.3, 0.4) is 0 Å². The van der Waals surface area contributed by atoms with Crippen molar-refractivity contribution in [2.75, 3.05) is 12.4 Å². The van der Waals surface area contributed by atoms with Crippen LogP contribution in [-0.2, 0) is 0 Å². The van der Waals surface area contributed by atoms with E-state index >= 15 is 0 Å². The van der Waals surface area contributed by atoms with Gasteiger partial charge in [-0.05, 0) is 30.3 Å². The van der Waals surface area contributed by atoms with Crippen molar-refractivity contribution >= 4 is 22.8 Å². The van der Waals surface area contributed by atoms with Crippen LogP contribution in [0.1, 0.15) is 10.5 Å². The molecule has 0 fully saturated rings. The third-order valence-electron chi connectivity index (χ3n) is 2.86. The molecule has 6 nitrogen and oxygen atoms in total. The molecule has 3 aromatic rings. The molecular weight excluding hydrogens is 256 g/mol. The summed E-state index contributed by atoms with van der Waals surface area (Å²) in [6.07, 6.45) is 3.14. The van der Waals surface area contributed by atoms with Crippen molar-refractivity contribution in [3.63, 3.8) is 0 Å². The number of benzene rings is 1. The van der Waals surface area contributed by atoms with Crippen molar-refractivity contribution in [1.82, 2.24) is 15.0 Å². The summed E-state index contributed by atoms with van der Waals surface area (Å²) < 4.78 is 5.15. The molecule has 2 aromatic heterocycles. The van der Waals surface area contributed by atoms with Crippen molar-refractivity contribution in [3.8, 4) is 5.75 Å². The average molecular weight is 268 g/mol. The zero-order valence-electron chi connectivity index (χ0n) is 10.8. The molecule has 2 N–H and O–H groups in total. The van der Waals surface area contributed by atoms with Crippen LogP contribution in [0.4, 0.5) is 5.95 Å². The number of carbonyl (C=O) groups is 1. The molecular formula is C14H12N4O2. The lowest BCUT2D eigenvalue weighted by Crippen LogP contribution is -2.14. The van der Waals surface area contributed by atoms with Gasteiger partial charge in [0.15, 0.2) is 0 Å². The Bertz CT molecular complexity index is 752. The molecule has 1 amide bonds. The zero-order valence-corrected chi connectivity index (χ0v) is 10.8. The van der Waals surface area contributed by atoms with Crippen LogP contribution in [0.15, 0.2) is 42.7 Å². The Morgan fingerprint density at radius 3 is 2.80 bits per heavy atom. The number of rotatable bonds is 3. The molecule has 100 valence electrons. The van der Waals surface area contributed by atoms with Crippen LogP contribution < -0.4 is 10.1 Å². The number of hydrogen-bond acceptors (Lipinski definition) is 4. The number of fused-ring (bicyclic) bond motifs is 1. The van der Waals surface area contributed by atoms with Gasteiger partial charge < -0.3 is 9.72 Å². The second kappa shape index (κ2) is 5.00. The lowest BCUT2D eigenvalue weighted by Gasteiger charge is -1.99. The van der Waals surface area contributed by atoms with E-state index in [2.05, 4.69) is 20.3 Å². The number of aromatic nitrogens is 3. The highest BCUT2D eigenvalue weighted by Gasteiger charge is 2.11. The minimum Gasteiger partial charge on any atom is -0.497 e. The van der Waals surface area contributed by atoms with E-state index < -0.39 is 0 Å². The number of hydrogen-bond donors (Lipinski definition) is 2. The highest BCUT2D eigenvalue weighted by Crippen LogP contribution is 2.21. The van der Waals surface area contributed by atoms with Crippen molar-refractivity contribution in [2.45, 2.75) is 0 Å². The third-order valence-corrected chi connectivity index (χ3v) is 2.86. The molecule has 0 radical (unpaired) electrons. The van der Waals surface area contributed by atoms with Crippen molar-refractivity contribution in [1.29, 1.82) is 0 Å². The molecule has 0 aliphatic rings. The van der Waals surface area contributed by atoms with Gasteiger partial charge in [0.1, 0.15) is 11.4 Å². The fourth-order valence-corrected chi connectivity index (χ4v) is 1.89. The van der Waals surface area contributed by atoms with E-state index in [0.717, 1.165) is 16.7 Å². The Hall–Kier alpha value is -2.89. The maximum absolute atomic E-state index is 12.1. The van der Waals surface area contributed by atoms with E-state index in [1.54, 1.807) is 31.6 Å². The van der Waals surface area contributed by atoms with E-state index in [0.29, 0.717) is 5.69 Å². The minimum atomic E-state index is -0.286. The van der Waals surface area contributed by atoms with Crippen LogP contribution >= 0.6 is 0 Å².